The highest BCUT2D eigenvalue weighted by molar-refractivity contribution is 5.94. The van der Waals surface area contributed by atoms with Crippen molar-refractivity contribution in [1.29, 1.82) is 0 Å². The lowest BCUT2D eigenvalue weighted by Crippen LogP contribution is -2.38. The van der Waals surface area contributed by atoms with Gasteiger partial charge in [-0.2, -0.15) is 18.3 Å². The van der Waals surface area contributed by atoms with Crippen LogP contribution in [0.1, 0.15) is 18.4 Å². The molecule has 6 nitrogen and oxygen atoms in total. The molecule has 1 aliphatic heterocycles. The average molecular weight is 362 g/mol. The van der Waals surface area contributed by atoms with Gasteiger partial charge in [0.15, 0.2) is 0 Å². The van der Waals surface area contributed by atoms with Crippen LogP contribution in [-0.4, -0.2) is 39.5 Å². The number of aromatic amines is 1. The van der Waals surface area contributed by atoms with Crippen molar-refractivity contribution in [2.75, 3.05) is 18.4 Å². The van der Waals surface area contributed by atoms with Crippen molar-refractivity contribution in [3.8, 4) is 11.3 Å². The monoisotopic (exact) mass is 362 g/mol. The van der Waals surface area contributed by atoms with Crippen LogP contribution in [-0.2, 0) is 6.18 Å². The summed E-state index contributed by atoms with van der Waals surface area (Å²) < 4.78 is 39.4. The Bertz CT molecular complexity index is 897. The number of H-pyrrole nitrogens is 1. The molecule has 0 amide bonds. The summed E-state index contributed by atoms with van der Waals surface area (Å²) in [6.45, 7) is 1.90. The lowest BCUT2D eigenvalue weighted by molar-refractivity contribution is -0.136. The molecule has 0 spiro atoms. The predicted molar refractivity (Wildman–Crippen MR) is 91.6 cm³/mol. The first-order valence-corrected chi connectivity index (χ1v) is 8.37. The number of hydrogen-bond donors (Lipinski definition) is 3. The van der Waals surface area contributed by atoms with Gasteiger partial charge in [-0.25, -0.2) is 0 Å². The molecule has 2 aromatic heterocycles. The fraction of sp³-hybridized carbons (Fsp3) is 0.353. The van der Waals surface area contributed by atoms with E-state index in [1.54, 1.807) is 12.1 Å². The van der Waals surface area contributed by atoms with E-state index in [2.05, 4.69) is 31.0 Å². The molecule has 0 aliphatic carbocycles. The van der Waals surface area contributed by atoms with Crippen LogP contribution in [0.5, 0.6) is 0 Å². The van der Waals surface area contributed by atoms with Gasteiger partial charge >= 0.3 is 6.18 Å². The summed E-state index contributed by atoms with van der Waals surface area (Å²) in [5.74, 6) is 0.648. The second kappa shape index (κ2) is 6.56. The molecular formula is C17H17F3N6. The van der Waals surface area contributed by atoms with Crippen LogP contribution in [0, 0.1) is 0 Å². The van der Waals surface area contributed by atoms with E-state index in [9.17, 15) is 13.2 Å². The van der Waals surface area contributed by atoms with Crippen molar-refractivity contribution in [3.05, 3.63) is 36.0 Å². The van der Waals surface area contributed by atoms with E-state index in [0.29, 0.717) is 28.6 Å². The van der Waals surface area contributed by atoms with Crippen LogP contribution in [0.2, 0.25) is 0 Å². The van der Waals surface area contributed by atoms with E-state index in [0.717, 1.165) is 32.0 Å². The van der Waals surface area contributed by atoms with Gasteiger partial charge < -0.3 is 10.6 Å². The van der Waals surface area contributed by atoms with Crippen molar-refractivity contribution in [3.63, 3.8) is 0 Å². The van der Waals surface area contributed by atoms with Crippen LogP contribution in [0.25, 0.3) is 22.2 Å². The third-order valence-corrected chi connectivity index (χ3v) is 4.51. The smallest absolute Gasteiger partial charge is 0.365 e. The molecule has 3 heterocycles. The third kappa shape index (κ3) is 3.22. The van der Waals surface area contributed by atoms with Gasteiger partial charge in [-0.15, -0.1) is 10.2 Å². The van der Waals surface area contributed by atoms with Crippen LogP contribution in [0.4, 0.5) is 19.0 Å². The van der Waals surface area contributed by atoms with Gasteiger partial charge in [0, 0.05) is 23.5 Å². The van der Waals surface area contributed by atoms with E-state index >= 15 is 0 Å². The molecule has 1 fully saturated rings. The molecule has 4 rings (SSSR count). The number of piperidine rings is 1. The summed E-state index contributed by atoms with van der Waals surface area (Å²) in [5, 5.41) is 21.4. The molecule has 0 saturated carbocycles. The van der Waals surface area contributed by atoms with Crippen molar-refractivity contribution in [1.82, 2.24) is 25.7 Å². The molecule has 136 valence electrons. The first-order valence-electron chi connectivity index (χ1n) is 8.37. The molecular weight excluding hydrogens is 345 g/mol. The Morgan fingerprint density at radius 1 is 1.12 bits per heavy atom. The molecule has 1 atom stereocenters. The van der Waals surface area contributed by atoms with E-state index in [-0.39, 0.29) is 5.39 Å². The van der Waals surface area contributed by atoms with Crippen LogP contribution in [0.15, 0.2) is 30.5 Å². The summed E-state index contributed by atoms with van der Waals surface area (Å²) in [5.41, 5.74) is 0.594. The molecule has 1 aliphatic rings. The van der Waals surface area contributed by atoms with E-state index in [1.807, 2.05) is 0 Å². The zero-order chi connectivity index (χ0) is 18.1. The zero-order valence-corrected chi connectivity index (χ0v) is 13.8. The lowest BCUT2D eigenvalue weighted by Gasteiger charge is -2.24. The Hall–Kier alpha value is -2.68. The Morgan fingerprint density at radius 3 is 2.69 bits per heavy atom. The van der Waals surface area contributed by atoms with Gasteiger partial charge in [-0.1, -0.05) is 0 Å². The largest absolute Gasteiger partial charge is 0.417 e. The van der Waals surface area contributed by atoms with Crippen LogP contribution in [0.3, 0.4) is 0 Å². The number of hydrogen-bond acceptors (Lipinski definition) is 5. The standard InChI is InChI=1S/C17H17F3N6/c18-17(19,20)13-4-3-11(16-12(13)9-22-26-16)14-5-6-15(25-24-14)23-10-2-1-7-21-8-10/h3-6,9-10,21H,1-2,7-8H2,(H,22,26)(H,23,25). The summed E-state index contributed by atoms with van der Waals surface area (Å²) in [7, 11) is 0. The van der Waals surface area contributed by atoms with Crippen molar-refractivity contribution in [2.45, 2.75) is 25.1 Å². The van der Waals surface area contributed by atoms with Gasteiger partial charge in [-0.05, 0) is 43.7 Å². The SMILES string of the molecule is FC(F)(F)c1ccc(-c2ccc(NC3CCCNC3)nn2)c2[nH]ncc12. The van der Waals surface area contributed by atoms with Gasteiger partial charge in [0.25, 0.3) is 0 Å². The van der Waals surface area contributed by atoms with Gasteiger partial charge in [0.1, 0.15) is 5.82 Å². The number of nitrogens with one attached hydrogen (secondary N) is 3. The maximum absolute atomic E-state index is 13.1. The highest BCUT2D eigenvalue weighted by Crippen LogP contribution is 2.37. The van der Waals surface area contributed by atoms with E-state index < -0.39 is 11.7 Å². The minimum atomic E-state index is -4.44. The molecule has 3 aromatic rings. The van der Waals surface area contributed by atoms with Crippen LogP contribution >= 0.6 is 0 Å². The third-order valence-electron chi connectivity index (χ3n) is 4.51. The molecule has 1 unspecified atom stereocenters. The maximum Gasteiger partial charge on any atom is 0.417 e. The van der Waals surface area contributed by atoms with E-state index in [1.165, 1.54) is 12.3 Å². The Morgan fingerprint density at radius 2 is 2.00 bits per heavy atom. The van der Waals surface area contributed by atoms with Crippen molar-refractivity contribution in [2.24, 2.45) is 0 Å². The number of rotatable bonds is 3. The minimum absolute atomic E-state index is 0.0206. The zero-order valence-electron chi connectivity index (χ0n) is 13.8. The minimum Gasteiger partial charge on any atom is -0.365 e. The number of nitrogens with zero attached hydrogens (tertiary/aromatic N) is 3. The summed E-state index contributed by atoms with van der Waals surface area (Å²) >= 11 is 0. The first kappa shape index (κ1) is 16.8. The van der Waals surface area contributed by atoms with Crippen LogP contribution < -0.4 is 10.6 Å². The fourth-order valence-electron chi connectivity index (χ4n) is 3.23. The quantitative estimate of drug-likeness (QED) is 0.667. The maximum atomic E-state index is 13.1. The molecule has 1 aromatic carbocycles. The second-order valence-electron chi connectivity index (χ2n) is 6.31. The number of alkyl halides is 3. The number of halogens is 3. The molecule has 3 N–H and O–H groups in total. The summed E-state index contributed by atoms with van der Waals surface area (Å²) in [6, 6.07) is 6.28. The molecule has 0 radical (unpaired) electrons. The van der Waals surface area contributed by atoms with Crippen molar-refractivity contribution >= 4 is 16.7 Å². The topological polar surface area (TPSA) is 78.5 Å². The number of aromatic nitrogens is 4. The normalized spacial score (nSPS) is 18.2. The lowest BCUT2D eigenvalue weighted by atomic mass is 10.0. The highest BCUT2D eigenvalue weighted by atomic mass is 19.4. The number of anilines is 1. The molecule has 1 saturated heterocycles. The van der Waals surface area contributed by atoms with E-state index in [4.69, 9.17) is 0 Å². The summed E-state index contributed by atoms with van der Waals surface area (Å²) in [6.07, 6.45) is -1.09. The van der Waals surface area contributed by atoms with Gasteiger partial charge in [0.05, 0.1) is 23.0 Å². The molecule has 9 heteroatoms. The number of fused-ring (bicyclic) bond motifs is 1. The Labute approximate surface area is 147 Å². The molecule has 26 heavy (non-hydrogen) atoms. The predicted octanol–water partition coefficient (Wildman–Crippen LogP) is 3.20. The molecule has 0 bridgehead atoms. The van der Waals surface area contributed by atoms with Gasteiger partial charge in [-0.3, -0.25) is 5.10 Å². The first-order chi connectivity index (χ1) is 12.5. The average Bonchev–Trinajstić information content (AvgIpc) is 3.11. The fourth-order valence-corrected chi connectivity index (χ4v) is 3.23. The Balaban J connectivity index is 1.62. The summed E-state index contributed by atoms with van der Waals surface area (Å²) in [4.78, 5) is 0. The Kier molecular flexibility index (Phi) is 4.23. The second-order valence-corrected chi connectivity index (χ2v) is 6.31. The highest BCUT2D eigenvalue weighted by Gasteiger charge is 2.33. The van der Waals surface area contributed by atoms with Gasteiger partial charge in [0.2, 0.25) is 0 Å². The number of benzene rings is 1. The van der Waals surface area contributed by atoms with Crippen molar-refractivity contribution < 1.29 is 13.2 Å².